The number of amides is 3. The smallest absolute Gasteiger partial charge is 0.272 e. The summed E-state index contributed by atoms with van der Waals surface area (Å²) in [5, 5.41) is 10.4. The van der Waals surface area contributed by atoms with Gasteiger partial charge in [-0.1, -0.05) is 91.0 Å². The van der Waals surface area contributed by atoms with Crippen LogP contribution in [-0.4, -0.2) is 22.7 Å². The highest BCUT2D eigenvalue weighted by Crippen LogP contribution is 2.37. The average Bonchev–Trinajstić information content (AvgIpc) is 3.68. The second-order valence-electron chi connectivity index (χ2n) is 10.9. The van der Waals surface area contributed by atoms with Crippen LogP contribution in [-0.2, 0) is 16.2 Å². The van der Waals surface area contributed by atoms with Gasteiger partial charge in [0.1, 0.15) is 23.3 Å². The molecule has 50 heavy (non-hydrogen) atoms. The SMILES string of the molecule is O=C(Nc1ccc(SC(C(=O)Nc2nccs2)c2ccccc2)cc1)/C(=C/c1ccc(OCc2ccccc2)cc1)NC(=O)c1ccccc1. The summed E-state index contributed by atoms with van der Waals surface area (Å²) in [6.45, 7) is 0.431. The predicted octanol–water partition coefficient (Wildman–Crippen LogP) is 8.60. The van der Waals surface area contributed by atoms with Crippen LogP contribution in [0.3, 0.4) is 0 Å². The molecule has 5 aromatic carbocycles. The summed E-state index contributed by atoms with van der Waals surface area (Å²) in [6, 6.07) is 42.6. The molecular weight excluding hydrogens is 665 g/mol. The van der Waals surface area contributed by atoms with Gasteiger partial charge >= 0.3 is 0 Å². The molecule has 0 saturated heterocycles. The van der Waals surface area contributed by atoms with Crippen molar-refractivity contribution in [3.8, 4) is 5.75 Å². The summed E-state index contributed by atoms with van der Waals surface area (Å²) in [6.07, 6.45) is 3.26. The quantitative estimate of drug-likeness (QED) is 0.0825. The number of rotatable bonds is 13. The van der Waals surface area contributed by atoms with Crippen LogP contribution in [0.4, 0.5) is 10.8 Å². The van der Waals surface area contributed by atoms with Gasteiger partial charge in [-0.05, 0) is 71.3 Å². The molecule has 0 aliphatic carbocycles. The zero-order valence-corrected chi connectivity index (χ0v) is 28.3. The molecule has 0 spiro atoms. The molecule has 6 aromatic rings. The van der Waals surface area contributed by atoms with Crippen LogP contribution in [0.25, 0.3) is 6.08 Å². The number of hydrogen-bond donors (Lipinski definition) is 3. The third-order valence-electron chi connectivity index (χ3n) is 7.34. The molecule has 6 rings (SSSR count). The van der Waals surface area contributed by atoms with E-state index in [0.717, 1.165) is 16.0 Å². The van der Waals surface area contributed by atoms with Gasteiger partial charge in [0.15, 0.2) is 5.13 Å². The summed E-state index contributed by atoms with van der Waals surface area (Å²) < 4.78 is 5.90. The zero-order valence-electron chi connectivity index (χ0n) is 26.7. The van der Waals surface area contributed by atoms with Crippen molar-refractivity contribution in [2.24, 2.45) is 0 Å². The first-order valence-electron chi connectivity index (χ1n) is 15.7. The van der Waals surface area contributed by atoms with Crippen LogP contribution >= 0.6 is 23.1 Å². The highest BCUT2D eigenvalue weighted by molar-refractivity contribution is 8.00. The Hall–Kier alpha value is -5.97. The molecule has 0 saturated carbocycles. The highest BCUT2D eigenvalue weighted by atomic mass is 32.2. The number of aromatic nitrogens is 1. The summed E-state index contributed by atoms with van der Waals surface area (Å²) in [5.41, 5.74) is 3.61. The molecule has 0 bridgehead atoms. The third-order valence-corrected chi connectivity index (χ3v) is 9.29. The van der Waals surface area contributed by atoms with Crippen LogP contribution in [0.1, 0.15) is 32.3 Å². The van der Waals surface area contributed by atoms with Crippen LogP contribution < -0.4 is 20.7 Å². The number of hydrogen-bond acceptors (Lipinski definition) is 7. The van der Waals surface area contributed by atoms with Gasteiger partial charge in [-0.2, -0.15) is 0 Å². The molecule has 0 fully saturated rings. The number of carbonyl (C=O) groups excluding carboxylic acids is 3. The van der Waals surface area contributed by atoms with Crippen molar-refractivity contribution >= 4 is 57.7 Å². The van der Waals surface area contributed by atoms with E-state index in [1.807, 2.05) is 103 Å². The third kappa shape index (κ3) is 9.56. The normalized spacial score (nSPS) is 11.6. The Morgan fingerprint density at radius 2 is 1.42 bits per heavy atom. The lowest BCUT2D eigenvalue weighted by Gasteiger charge is -2.16. The fourth-order valence-corrected chi connectivity index (χ4v) is 6.37. The monoisotopic (exact) mass is 696 g/mol. The lowest BCUT2D eigenvalue weighted by Crippen LogP contribution is -2.30. The minimum absolute atomic E-state index is 0.0678. The Morgan fingerprint density at radius 1 is 0.760 bits per heavy atom. The van der Waals surface area contributed by atoms with Gasteiger partial charge in [-0.15, -0.1) is 23.1 Å². The molecule has 3 N–H and O–H groups in total. The molecule has 3 amide bonds. The average molecular weight is 697 g/mol. The Labute approximate surface area is 298 Å². The second kappa shape index (κ2) is 16.9. The molecule has 1 heterocycles. The van der Waals surface area contributed by atoms with Crippen molar-refractivity contribution in [2.45, 2.75) is 16.8 Å². The summed E-state index contributed by atoms with van der Waals surface area (Å²) >= 11 is 2.75. The number of carbonyl (C=O) groups is 3. The van der Waals surface area contributed by atoms with Crippen molar-refractivity contribution in [3.05, 3.63) is 179 Å². The number of nitrogens with one attached hydrogen (secondary N) is 3. The fourth-order valence-electron chi connectivity index (χ4n) is 4.82. The topological polar surface area (TPSA) is 109 Å². The van der Waals surface area contributed by atoms with E-state index in [1.54, 1.807) is 54.1 Å². The van der Waals surface area contributed by atoms with Gasteiger partial charge in [0.2, 0.25) is 5.91 Å². The Morgan fingerprint density at radius 3 is 2.08 bits per heavy atom. The van der Waals surface area contributed by atoms with Crippen molar-refractivity contribution < 1.29 is 19.1 Å². The Balaban J connectivity index is 1.16. The molecule has 0 aliphatic rings. The van der Waals surface area contributed by atoms with Gasteiger partial charge < -0.3 is 20.7 Å². The molecule has 1 aromatic heterocycles. The summed E-state index contributed by atoms with van der Waals surface area (Å²) in [7, 11) is 0. The number of ether oxygens (including phenoxy) is 1. The van der Waals surface area contributed by atoms with Gasteiger partial charge in [0, 0.05) is 27.7 Å². The predicted molar refractivity (Wildman–Crippen MR) is 200 cm³/mol. The van der Waals surface area contributed by atoms with Gasteiger partial charge in [0.25, 0.3) is 11.8 Å². The molecular formula is C40H32N4O4S2. The van der Waals surface area contributed by atoms with Crippen molar-refractivity contribution in [3.63, 3.8) is 0 Å². The van der Waals surface area contributed by atoms with Crippen molar-refractivity contribution in [1.29, 1.82) is 0 Å². The van der Waals surface area contributed by atoms with Crippen LogP contribution in [0, 0.1) is 0 Å². The number of anilines is 2. The van der Waals surface area contributed by atoms with Gasteiger partial charge in [-0.25, -0.2) is 4.98 Å². The van der Waals surface area contributed by atoms with Crippen LogP contribution in [0.2, 0.25) is 0 Å². The van der Waals surface area contributed by atoms with E-state index < -0.39 is 17.1 Å². The van der Waals surface area contributed by atoms with E-state index in [4.69, 9.17) is 4.74 Å². The number of nitrogens with zero attached hydrogens (tertiary/aromatic N) is 1. The summed E-state index contributed by atoms with van der Waals surface area (Å²) in [4.78, 5) is 45.0. The van der Waals surface area contributed by atoms with Gasteiger partial charge in [0.05, 0.1) is 0 Å². The van der Waals surface area contributed by atoms with E-state index in [0.29, 0.717) is 34.3 Å². The van der Waals surface area contributed by atoms with Crippen molar-refractivity contribution in [1.82, 2.24) is 10.3 Å². The van der Waals surface area contributed by atoms with Gasteiger partial charge in [-0.3, -0.25) is 14.4 Å². The fraction of sp³-hybridized carbons (Fsp3) is 0.0500. The molecule has 1 atom stereocenters. The molecule has 248 valence electrons. The van der Waals surface area contributed by atoms with E-state index in [9.17, 15) is 14.4 Å². The lowest BCUT2D eigenvalue weighted by molar-refractivity contribution is -0.116. The largest absolute Gasteiger partial charge is 0.489 e. The zero-order chi connectivity index (χ0) is 34.5. The Kier molecular flexibility index (Phi) is 11.5. The molecule has 1 unspecified atom stereocenters. The maximum atomic E-state index is 13.6. The van der Waals surface area contributed by atoms with E-state index in [1.165, 1.54) is 23.1 Å². The molecule has 0 aliphatic heterocycles. The molecule has 0 radical (unpaired) electrons. The first-order chi connectivity index (χ1) is 24.5. The van der Waals surface area contributed by atoms with E-state index in [-0.39, 0.29) is 11.6 Å². The van der Waals surface area contributed by atoms with Crippen LogP contribution in [0.5, 0.6) is 5.75 Å². The Bertz CT molecular complexity index is 2040. The number of benzene rings is 5. The van der Waals surface area contributed by atoms with Crippen LogP contribution in [0.15, 0.2) is 162 Å². The van der Waals surface area contributed by atoms with E-state index >= 15 is 0 Å². The number of thioether (sulfide) groups is 1. The minimum atomic E-state index is -0.529. The maximum Gasteiger partial charge on any atom is 0.272 e. The van der Waals surface area contributed by atoms with E-state index in [2.05, 4.69) is 20.9 Å². The molecule has 8 nitrogen and oxygen atoms in total. The minimum Gasteiger partial charge on any atom is -0.489 e. The lowest BCUT2D eigenvalue weighted by atomic mass is 10.1. The number of thiazole rings is 1. The summed E-state index contributed by atoms with van der Waals surface area (Å²) in [5.74, 6) is -0.416. The highest BCUT2D eigenvalue weighted by Gasteiger charge is 2.23. The van der Waals surface area contributed by atoms with Crippen molar-refractivity contribution in [2.75, 3.05) is 10.6 Å². The second-order valence-corrected chi connectivity index (χ2v) is 13.0. The first kappa shape index (κ1) is 33.9. The molecule has 10 heteroatoms. The first-order valence-corrected chi connectivity index (χ1v) is 17.4. The maximum absolute atomic E-state index is 13.6. The standard InChI is InChI=1S/C40H32N4O4S2/c45-37(31-14-8-3-9-15-31)43-35(26-28-16-20-33(21-17-28)48-27-29-10-4-1-5-11-29)38(46)42-32-18-22-34(23-19-32)50-36(30-12-6-2-7-13-30)39(47)44-40-41-24-25-49-40/h1-26,36H,27H2,(H,42,46)(H,43,45)(H,41,44,47)/b35-26-.